The average Bonchev–Trinajstić information content (AvgIpc) is 2.63. The zero-order valence-corrected chi connectivity index (χ0v) is 10.4. The Balaban J connectivity index is 2.54. The number of nitrogens with one attached hydrogen (secondary N) is 1. The normalized spacial score (nSPS) is 10.2. The van der Waals surface area contributed by atoms with Crippen LogP contribution in [0.1, 0.15) is 19.0 Å². The molecule has 1 rings (SSSR count). The van der Waals surface area contributed by atoms with Crippen molar-refractivity contribution in [1.82, 2.24) is 9.88 Å². The molecule has 90 valence electrons. The molecule has 1 aromatic heterocycles. The summed E-state index contributed by atoms with van der Waals surface area (Å²) in [5.74, 6) is 0. The van der Waals surface area contributed by atoms with E-state index >= 15 is 0 Å². The van der Waals surface area contributed by atoms with E-state index in [0.717, 1.165) is 12.1 Å². The zero-order valence-electron chi connectivity index (χ0n) is 9.56. The lowest BCUT2D eigenvalue weighted by Gasteiger charge is -2.20. The molecule has 0 atom stereocenters. The molecule has 2 N–H and O–H groups in total. The second kappa shape index (κ2) is 6.44. The third-order valence-electron chi connectivity index (χ3n) is 1.98. The first kappa shape index (κ1) is 12.9. The number of hydrogen-bond donors (Lipinski definition) is 2. The highest BCUT2D eigenvalue weighted by Crippen LogP contribution is 2.14. The first-order valence-corrected chi connectivity index (χ1v) is 6.14. The monoisotopic (exact) mass is 243 g/mol. The molecule has 0 unspecified atom stereocenters. The maximum Gasteiger partial charge on any atom is 0.323 e. The minimum absolute atomic E-state index is 0.0235. The molecule has 5 nitrogen and oxygen atoms in total. The number of aliphatic hydroxyl groups excluding tert-OH is 1. The van der Waals surface area contributed by atoms with Gasteiger partial charge in [-0.15, -0.1) is 11.3 Å². The van der Waals surface area contributed by atoms with Crippen LogP contribution in [0.4, 0.5) is 9.93 Å². The Labute approximate surface area is 99.1 Å². The minimum atomic E-state index is -0.203. The highest BCUT2D eigenvalue weighted by atomic mass is 32.1. The number of anilines is 1. The summed E-state index contributed by atoms with van der Waals surface area (Å²) < 4.78 is 0. The van der Waals surface area contributed by atoms with Gasteiger partial charge in [-0.25, -0.2) is 9.78 Å². The molecule has 0 aromatic carbocycles. The van der Waals surface area contributed by atoms with Crippen LogP contribution >= 0.6 is 11.3 Å². The number of carbonyl (C=O) groups is 1. The Morgan fingerprint density at radius 1 is 1.62 bits per heavy atom. The van der Waals surface area contributed by atoms with Crippen molar-refractivity contribution in [2.45, 2.75) is 20.3 Å². The second-order valence-electron chi connectivity index (χ2n) is 3.43. The summed E-state index contributed by atoms with van der Waals surface area (Å²) in [6, 6.07) is -0.203. The number of nitrogens with zero attached hydrogens (tertiary/aromatic N) is 2. The van der Waals surface area contributed by atoms with Crippen LogP contribution in [0.5, 0.6) is 0 Å². The molecule has 0 aliphatic heterocycles. The van der Waals surface area contributed by atoms with Gasteiger partial charge in [0.2, 0.25) is 0 Å². The maximum atomic E-state index is 11.8. The number of rotatable bonds is 5. The topological polar surface area (TPSA) is 65.5 Å². The fraction of sp³-hybridized carbons (Fsp3) is 0.600. The van der Waals surface area contributed by atoms with E-state index in [0.29, 0.717) is 18.2 Å². The number of aromatic nitrogens is 1. The Morgan fingerprint density at radius 3 is 2.88 bits per heavy atom. The molecule has 16 heavy (non-hydrogen) atoms. The maximum absolute atomic E-state index is 11.8. The first-order valence-electron chi connectivity index (χ1n) is 5.26. The molecule has 0 aliphatic rings. The van der Waals surface area contributed by atoms with Crippen LogP contribution in [-0.2, 0) is 0 Å². The molecule has 0 aliphatic carbocycles. The molecule has 6 heteroatoms. The standard InChI is InChI=1S/C10H17N3O2S/c1-3-4-13(5-6-14)10(15)12-9-11-8(2)7-16-9/h7,14H,3-6H2,1-2H3,(H,11,12,15). The van der Waals surface area contributed by atoms with E-state index in [1.165, 1.54) is 11.3 Å². The van der Waals surface area contributed by atoms with Crippen LogP contribution in [0.2, 0.25) is 0 Å². The average molecular weight is 243 g/mol. The van der Waals surface area contributed by atoms with Gasteiger partial charge >= 0.3 is 6.03 Å². The number of amides is 2. The SMILES string of the molecule is CCCN(CCO)C(=O)Nc1nc(C)cs1. The molecule has 0 radical (unpaired) electrons. The summed E-state index contributed by atoms with van der Waals surface area (Å²) in [6.45, 7) is 4.83. The van der Waals surface area contributed by atoms with Gasteiger partial charge < -0.3 is 10.0 Å². The molecule has 0 bridgehead atoms. The molecule has 1 aromatic rings. The molecule has 1 heterocycles. The molecular formula is C10H17N3O2S. The number of hydrogen-bond acceptors (Lipinski definition) is 4. The van der Waals surface area contributed by atoms with Gasteiger partial charge in [0, 0.05) is 18.5 Å². The van der Waals surface area contributed by atoms with Gasteiger partial charge in [-0.1, -0.05) is 6.92 Å². The largest absolute Gasteiger partial charge is 0.395 e. The van der Waals surface area contributed by atoms with Gasteiger partial charge in [0.15, 0.2) is 5.13 Å². The summed E-state index contributed by atoms with van der Waals surface area (Å²) in [7, 11) is 0. The lowest BCUT2D eigenvalue weighted by atomic mass is 10.4. The van der Waals surface area contributed by atoms with Crippen LogP contribution in [0.3, 0.4) is 0 Å². The van der Waals surface area contributed by atoms with Crippen molar-refractivity contribution < 1.29 is 9.90 Å². The number of aryl methyl sites for hydroxylation is 1. The van der Waals surface area contributed by atoms with Gasteiger partial charge in [-0.05, 0) is 13.3 Å². The number of aliphatic hydroxyl groups is 1. The summed E-state index contributed by atoms with van der Waals surface area (Å²) in [6.07, 6.45) is 0.865. The van der Waals surface area contributed by atoms with E-state index in [1.807, 2.05) is 19.2 Å². The quantitative estimate of drug-likeness (QED) is 0.827. The Morgan fingerprint density at radius 2 is 2.38 bits per heavy atom. The van der Waals surface area contributed by atoms with Crippen LogP contribution in [0.25, 0.3) is 0 Å². The summed E-state index contributed by atoms with van der Waals surface area (Å²) >= 11 is 1.40. The second-order valence-corrected chi connectivity index (χ2v) is 4.29. The van der Waals surface area contributed by atoms with E-state index in [4.69, 9.17) is 5.11 Å². The van der Waals surface area contributed by atoms with Crippen molar-refractivity contribution in [2.24, 2.45) is 0 Å². The third kappa shape index (κ3) is 3.79. The van der Waals surface area contributed by atoms with E-state index in [1.54, 1.807) is 4.90 Å². The van der Waals surface area contributed by atoms with Crippen LogP contribution < -0.4 is 5.32 Å². The van der Waals surface area contributed by atoms with Gasteiger partial charge in [0.1, 0.15) is 0 Å². The highest BCUT2D eigenvalue weighted by Gasteiger charge is 2.13. The summed E-state index contributed by atoms with van der Waals surface area (Å²) in [5.41, 5.74) is 0.893. The van der Waals surface area contributed by atoms with Gasteiger partial charge in [0.05, 0.1) is 12.3 Å². The van der Waals surface area contributed by atoms with Crippen molar-refractivity contribution in [3.05, 3.63) is 11.1 Å². The smallest absolute Gasteiger partial charge is 0.323 e. The number of urea groups is 1. The van der Waals surface area contributed by atoms with Crippen molar-refractivity contribution in [2.75, 3.05) is 25.0 Å². The van der Waals surface area contributed by atoms with Gasteiger partial charge in [-0.3, -0.25) is 5.32 Å². The molecule has 0 spiro atoms. The summed E-state index contributed by atoms with van der Waals surface area (Å²) in [4.78, 5) is 17.5. The fourth-order valence-electron chi connectivity index (χ4n) is 1.29. The molecule has 0 saturated carbocycles. The van der Waals surface area contributed by atoms with Crippen molar-refractivity contribution in [3.8, 4) is 0 Å². The van der Waals surface area contributed by atoms with Crippen LogP contribution in [0.15, 0.2) is 5.38 Å². The lowest BCUT2D eigenvalue weighted by Crippen LogP contribution is -2.37. The minimum Gasteiger partial charge on any atom is -0.395 e. The molecule has 0 fully saturated rings. The third-order valence-corrected chi connectivity index (χ3v) is 2.86. The van der Waals surface area contributed by atoms with E-state index in [9.17, 15) is 4.79 Å². The Bertz CT molecular complexity index is 335. The Kier molecular flexibility index (Phi) is 5.21. The van der Waals surface area contributed by atoms with Gasteiger partial charge in [-0.2, -0.15) is 0 Å². The molecule has 0 saturated heterocycles. The lowest BCUT2D eigenvalue weighted by molar-refractivity contribution is 0.188. The van der Waals surface area contributed by atoms with Gasteiger partial charge in [0.25, 0.3) is 0 Å². The van der Waals surface area contributed by atoms with Crippen LogP contribution in [0, 0.1) is 6.92 Å². The van der Waals surface area contributed by atoms with Crippen LogP contribution in [-0.4, -0.2) is 40.7 Å². The first-order chi connectivity index (χ1) is 7.67. The number of thiazole rings is 1. The van der Waals surface area contributed by atoms with Crippen molar-refractivity contribution in [1.29, 1.82) is 0 Å². The highest BCUT2D eigenvalue weighted by molar-refractivity contribution is 7.13. The summed E-state index contributed by atoms with van der Waals surface area (Å²) in [5, 5.41) is 14.0. The number of carbonyl (C=O) groups excluding carboxylic acids is 1. The van der Waals surface area contributed by atoms with Crippen molar-refractivity contribution in [3.63, 3.8) is 0 Å². The fourth-order valence-corrected chi connectivity index (χ4v) is 1.97. The van der Waals surface area contributed by atoms with E-state index in [2.05, 4.69) is 10.3 Å². The Hall–Kier alpha value is -1.14. The molecular weight excluding hydrogens is 226 g/mol. The molecule has 2 amide bonds. The van der Waals surface area contributed by atoms with E-state index < -0.39 is 0 Å². The van der Waals surface area contributed by atoms with E-state index in [-0.39, 0.29) is 12.6 Å². The van der Waals surface area contributed by atoms with Crippen molar-refractivity contribution >= 4 is 22.5 Å². The zero-order chi connectivity index (χ0) is 12.0. The predicted octanol–water partition coefficient (Wildman–Crippen LogP) is 1.69. The predicted molar refractivity (Wildman–Crippen MR) is 64.8 cm³/mol.